The van der Waals surface area contributed by atoms with E-state index in [1.54, 1.807) is 17.0 Å². The minimum absolute atomic E-state index is 0.00755. The lowest BCUT2D eigenvalue weighted by molar-refractivity contribution is -0.148. The molecule has 3 rings (SSSR count). The minimum Gasteiger partial charge on any atom is -0.459 e. The molecule has 2 aliphatic rings. The summed E-state index contributed by atoms with van der Waals surface area (Å²) in [6.07, 6.45) is 3.10. The molecule has 2 saturated heterocycles. The monoisotopic (exact) mass is 320 g/mol. The normalized spacial score (nSPS) is 26.3. The molecule has 126 valence electrons. The van der Waals surface area contributed by atoms with Crippen molar-refractivity contribution in [1.29, 1.82) is 0 Å². The van der Waals surface area contributed by atoms with E-state index in [0.29, 0.717) is 44.8 Å². The lowest BCUT2D eigenvalue weighted by Crippen LogP contribution is -2.51. The Morgan fingerprint density at radius 2 is 1.74 bits per heavy atom. The highest BCUT2D eigenvalue weighted by molar-refractivity contribution is 5.91. The molecule has 2 amide bonds. The van der Waals surface area contributed by atoms with Crippen LogP contribution in [0.2, 0.25) is 0 Å². The number of hydrogen-bond donors (Lipinski definition) is 0. The van der Waals surface area contributed by atoms with Crippen molar-refractivity contribution in [3.05, 3.63) is 24.2 Å². The van der Waals surface area contributed by atoms with Crippen LogP contribution in [0.15, 0.2) is 22.8 Å². The number of furan rings is 1. The molecule has 0 spiro atoms. The number of likely N-dealkylation sites (tertiary alicyclic amines) is 1. The molecule has 2 atom stereocenters. The molecule has 0 bridgehead atoms. The number of carbonyl (C=O) groups is 2. The fraction of sp³-hybridized carbons (Fsp3) is 0.647. The van der Waals surface area contributed by atoms with Gasteiger partial charge < -0.3 is 19.0 Å². The van der Waals surface area contributed by atoms with Gasteiger partial charge in [-0.2, -0.15) is 0 Å². The second-order valence-electron chi connectivity index (χ2n) is 6.54. The number of amides is 2. The quantitative estimate of drug-likeness (QED) is 0.833. The molecule has 0 radical (unpaired) electrons. The first-order valence-corrected chi connectivity index (χ1v) is 8.31. The van der Waals surface area contributed by atoms with Crippen molar-refractivity contribution in [3.8, 4) is 0 Å². The lowest BCUT2D eigenvalue weighted by Gasteiger charge is -2.39. The number of carbonyl (C=O) groups excluding carboxylic acids is 2. The van der Waals surface area contributed by atoms with Crippen molar-refractivity contribution in [2.75, 3.05) is 26.2 Å². The Balaban J connectivity index is 1.54. The Kier molecular flexibility index (Phi) is 4.71. The van der Waals surface area contributed by atoms with Gasteiger partial charge in [0.05, 0.1) is 18.5 Å². The lowest BCUT2D eigenvalue weighted by atomic mass is 9.94. The van der Waals surface area contributed by atoms with Crippen LogP contribution in [0.4, 0.5) is 0 Å². The van der Waals surface area contributed by atoms with Gasteiger partial charge in [-0.25, -0.2) is 0 Å². The van der Waals surface area contributed by atoms with Crippen molar-refractivity contribution in [2.45, 2.75) is 38.9 Å². The molecule has 2 aliphatic heterocycles. The third-order valence-corrected chi connectivity index (χ3v) is 4.59. The summed E-state index contributed by atoms with van der Waals surface area (Å²) in [4.78, 5) is 28.6. The Bertz CT molecular complexity index is 539. The zero-order chi connectivity index (χ0) is 16.4. The smallest absolute Gasteiger partial charge is 0.289 e. The van der Waals surface area contributed by atoms with Gasteiger partial charge in [0.25, 0.3) is 5.91 Å². The van der Waals surface area contributed by atoms with Gasteiger partial charge in [-0.1, -0.05) is 0 Å². The molecule has 1 aromatic rings. The molecule has 1 aromatic heterocycles. The summed E-state index contributed by atoms with van der Waals surface area (Å²) in [5.41, 5.74) is 0. The number of morpholine rings is 1. The maximum atomic E-state index is 12.7. The van der Waals surface area contributed by atoms with Crippen LogP contribution in [0, 0.1) is 5.92 Å². The Labute approximate surface area is 136 Å². The molecule has 0 N–H and O–H groups in total. The van der Waals surface area contributed by atoms with E-state index in [9.17, 15) is 9.59 Å². The van der Waals surface area contributed by atoms with Crippen LogP contribution >= 0.6 is 0 Å². The first-order chi connectivity index (χ1) is 11.0. The predicted octanol–water partition coefficient (Wildman–Crippen LogP) is 1.77. The third-order valence-electron chi connectivity index (χ3n) is 4.59. The third kappa shape index (κ3) is 3.58. The Morgan fingerprint density at radius 1 is 1.09 bits per heavy atom. The van der Waals surface area contributed by atoms with Crippen LogP contribution in [0.3, 0.4) is 0 Å². The summed E-state index contributed by atoms with van der Waals surface area (Å²) in [7, 11) is 0. The first kappa shape index (κ1) is 16.1. The standard InChI is InChI=1S/C17H24N2O4/c1-12-10-19(11-13(2)23-12)16(20)14-5-7-18(8-6-14)17(21)15-4-3-9-22-15/h3-4,9,12-14H,5-8,10-11H2,1-2H3/t12-,13-/m1/s1. The van der Waals surface area contributed by atoms with Gasteiger partial charge in [0, 0.05) is 32.1 Å². The van der Waals surface area contributed by atoms with E-state index in [1.165, 1.54) is 6.26 Å². The molecule has 6 heteroatoms. The average Bonchev–Trinajstić information content (AvgIpc) is 3.07. The zero-order valence-corrected chi connectivity index (χ0v) is 13.7. The summed E-state index contributed by atoms with van der Waals surface area (Å²) in [5.74, 6) is 0.491. The molecule has 3 heterocycles. The Morgan fingerprint density at radius 3 is 2.30 bits per heavy atom. The van der Waals surface area contributed by atoms with Gasteiger partial charge in [0.15, 0.2) is 5.76 Å². The fourth-order valence-corrected chi connectivity index (χ4v) is 3.50. The van der Waals surface area contributed by atoms with Crippen LogP contribution in [0.25, 0.3) is 0 Å². The number of rotatable bonds is 2. The molecular formula is C17H24N2O4. The van der Waals surface area contributed by atoms with Crippen molar-refractivity contribution in [3.63, 3.8) is 0 Å². The summed E-state index contributed by atoms with van der Waals surface area (Å²) >= 11 is 0. The van der Waals surface area contributed by atoms with E-state index >= 15 is 0 Å². The van der Waals surface area contributed by atoms with Crippen LogP contribution in [-0.2, 0) is 9.53 Å². The zero-order valence-electron chi connectivity index (χ0n) is 13.7. The van der Waals surface area contributed by atoms with Gasteiger partial charge in [-0.05, 0) is 38.8 Å². The van der Waals surface area contributed by atoms with Gasteiger partial charge in [-0.3, -0.25) is 9.59 Å². The molecule has 0 aliphatic carbocycles. The SMILES string of the molecule is C[C@@H]1CN(C(=O)C2CCN(C(=O)c3ccco3)CC2)C[C@@H](C)O1. The van der Waals surface area contributed by atoms with Crippen molar-refractivity contribution < 1.29 is 18.7 Å². The van der Waals surface area contributed by atoms with Gasteiger partial charge in [0.1, 0.15) is 0 Å². The van der Waals surface area contributed by atoms with E-state index in [0.717, 1.165) is 0 Å². The Hall–Kier alpha value is -1.82. The van der Waals surface area contributed by atoms with E-state index in [-0.39, 0.29) is 29.9 Å². The van der Waals surface area contributed by atoms with E-state index < -0.39 is 0 Å². The summed E-state index contributed by atoms with van der Waals surface area (Å²) in [6.45, 7) is 6.53. The van der Waals surface area contributed by atoms with Crippen molar-refractivity contribution in [2.24, 2.45) is 5.92 Å². The maximum absolute atomic E-state index is 12.7. The van der Waals surface area contributed by atoms with Gasteiger partial charge in [-0.15, -0.1) is 0 Å². The highest BCUT2D eigenvalue weighted by Gasteiger charge is 2.34. The van der Waals surface area contributed by atoms with Crippen LogP contribution < -0.4 is 0 Å². The van der Waals surface area contributed by atoms with Crippen molar-refractivity contribution in [1.82, 2.24) is 9.80 Å². The van der Waals surface area contributed by atoms with Crippen molar-refractivity contribution >= 4 is 11.8 Å². The fourth-order valence-electron chi connectivity index (χ4n) is 3.50. The largest absolute Gasteiger partial charge is 0.459 e. The van der Waals surface area contributed by atoms with Gasteiger partial charge in [0.2, 0.25) is 5.91 Å². The topological polar surface area (TPSA) is 63.0 Å². The molecular weight excluding hydrogens is 296 g/mol. The highest BCUT2D eigenvalue weighted by atomic mass is 16.5. The van der Waals surface area contributed by atoms with E-state index in [2.05, 4.69) is 0 Å². The summed E-state index contributed by atoms with van der Waals surface area (Å²) in [6, 6.07) is 3.39. The van der Waals surface area contributed by atoms with Crippen LogP contribution in [-0.4, -0.2) is 60.0 Å². The van der Waals surface area contributed by atoms with Gasteiger partial charge >= 0.3 is 0 Å². The molecule has 0 aromatic carbocycles. The number of piperidine rings is 1. The molecule has 0 unspecified atom stereocenters. The number of nitrogens with zero attached hydrogens (tertiary/aromatic N) is 2. The second kappa shape index (κ2) is 6.74. The average molecular weight is 320 g/mol. The summed E-state index contributed by atoms with van der Waals surface area (Å²) < 4.78 is 10.8. The number of ether oxygens (including phenoxy) is 1. The van der Waals surface area contributed by atoms with E-state index in [1.807, 2.05) is 18.7 Å². The molecule has 2 fully saturated rings. The first-order valence-electron chi connectivity index (χ1n) is 8.31. The van der Waals surface area contributed by atoms with Crippen LogP contribution in [0.5, 0.6) is 0 Å². The predicted molar refractivity (Wildman–Crippen MR) is 83.9 cm³/mol. The van der Waals surface area contributed by atoms with Crippen LogP contribution in [0.1, 0.15) is 37.2 Å². The molecule has 6 nitrogen and oxygen atoms in total. The molecule has 0 saturated carbocycles. The molecule has 23 heavy (non-hydrogen) atoms. The van der Waals surface area contributed by atoms with E-state index in [4.69, 9.17) is 9.15 Å². The minimum atomic E-state index is -0.0884. The number of hydrogen-bond acceptors (Lipinski definition) is 4. The second-order valence-corrected chi connectivity index (χ2v) is 6.54. The highest BCUT2D eigenvalue weighted by Crippen LogP contribution is 2.23. The maximum Gasteiger partial charge on any atom is 0.289 e. The summed E-state index contributed by atoms with van der Waals surface area (Å²) in [5, 5.41) is 0.